The molecule has 0 spiro atoms. The van der Waals surface area contributed by atoms with E-state index in [9.17, 15) is 9.18 Å². The summed E-state index contributed by atoms with van der Waals surface area (Å²) in [6, 6.07) is 22.2. The van der Waals surface area contributed by atoms with Gasteiger partial charge in [0.1, 0.15) is 5.82 Å². The maximum atomic E-state index is 14.5. The number of halogens is 1. The second-order valence-electron chi connectivity index (χ2n) is 7.48. The molecular weight excluding hydrogens is 351 g/mol. The summed E-state index contributed by atoms with van der Waals surface area (Å²) in [5, 5.41) is 2.66. The Balaban J connectivity index is 1.46. The van der Waals surface area contributed by atoms with E-state index in [2.05, 4.69) is 5.32 Å². The van der Waals surface area contributed by atoms with Gasteiger partial charge in [-0.2, -0.15) is 0 Å². The molecule has 3 nitrogen and oxygen atoms in total. The predicted molar refractivity (Wildman–Crippen MR) is 111 cm³/mol. The van der Waals surface area contributed by atoms with E-state index in [1.807, 2.05) is 55.5 Å². The number of carbonyl (C=O) groups excluding carboxylic acids is 1. The lowest BCUT2D eigenvalue weighted by Gasteiger charge is -2.11. The van der Waals surface area contributed by atoms with E-state index in [1.165, 1.54) is 6.07 Å². The van der Waals surface area contributed by atoms with Gasteiger partial charge >= 0.3 is 0 Å². The molecule has 3 N–H and O–H groups in total. The molecule has 3 aromatic carbocycles. The Kier molecular flexibility index (Phi) is 4.73. The van der Waals surface area contributed by atoms with Crippen LogP contribution in [0.4, 0.5) is 10.1 Å². The molecule has 28 heavy (non-hydrogen) atoms. The molecule has 1 saturated carbocycles. The molecule has 0 unspecified atom stereocenters. The van der Waals surface area contributed by atoms with Gasteiger partial charge in [0.05, 0.1) is 5.69 Å². The third kappa shape index (κ3) is 3.56. The Labute approximate surface area is 164 Å². The third-order valence-corrected chi connectivity index (χ3v) is 5.67. The predicted octanol–water partition coefficient (Wildman–Crippen LogP) is 5.34. The molecule has 0 bridgehead atoms. The van der Waals surface area contributed by atoms with Crippen molar-refractivity contribution in [1.82, 2.24) is 0 Å². The second kappa shape index (κ2) is 7.21. The lowest BCUT2D eigenvalue weighted by molar-refractivity contribution is 0.102. The van der Waals surface area contributed by atoms with Gasteiger partial charge in [0.2, 0.25) is 0 Å². The summed E-state index contributed by atoms with van der Waals surface area (Å²) < 4.78 is 14.5. The van der Waals surface area contributed by atoms with E-state index < -0.39 is 5.82 Å². The first-order chi connectivity index (χ1) is 13.5. The molecule has 0 radical (unpaired) electrons. The molecule has 0 saturated heterocycles. The molecule has 2 atom stereocenters. The third-order valence-electron chi connectivity index (χ3n) is 5.67. The standard InChI is InChI=1S/C24H23FN2O/c1-2-24(26)15-20(24)19-12-13-22(21(25)14-19)27-23(28)18-10-8-17(9-11-18)16-6-4-3-5-7-16/h3-14,20H,2,15,26H2,1H3,(H,27,28)/t20-,24+/m0/s1. The molecule has 4 rings (SSSR count). The van der Waals surface area contributed by atoms with Crippen LogP contribution in [0.5, 0.6) is 0 Å². The van der Waals surface area contributed by atoms with Crippen molar-refractivity contribution in [3.05, 3.63) is 89.7 Å². The fourth-order valence-corrected chi connectivity index (χ4v) is 3.65. The Hall–Kier alpha value is -2.98. The van der Waals surface area contributed by atoms with Gasteiger partial charge in [0, 0.05) is 17.0 Å². The summed E-state index contributed by atoms with van der Waals surface area (Å²) in [6.07, 6.45) is 1.75. The van der Waals surface area contributed by atoms with Gasteiger partial charge in [-0.3, -0.25) is 4.79 Å². The van der Waals surface area contributed by atoms with Crippen LogP contribution in [-0.2, 0) is 0 Å². The average molecular weight is 374 g/mol. The smallest absolute Gasteiger partial charge is 0.255 e. The number of rotatable bonds is 5. The molecule has 142 valence electrons. The summed E-state index contributed by atoms with van der Waals surface area (Å²) in [5.41, 5.74) is 9.69. The lowest BCUT2D eigenvalue weighted by Crippen LogP contribution is -2.22. The molecule has 0 aromatic heterocycles. The zero-order chi connectivity index (χ0) is 19.7. The van der Waals surface area contributed by atoms with Crippen LogP contribution in [-0.4, -0.2) is 11.4 Å². The van der Waals surface area contributed by atoms with Gasteiger partial charge in [-0.1, -0.05) is 55.5 Å². The first kappa shape index (κ1) is 18.4. The van der Waals surface area contributed by atoms with Gasteiger partial charge < -0.3 is 11.1 Å². The van der Waals surface area contributed by atoms with Gasteiger partial charge in [0.25, 0.3) is 5.91 Å². The fourth-order valence-electron chi connectivity index (χ4n) is 3.65. The van der Waals surface area contributed by atoms with Crippen molar-refractivity contribution in [2.75, 3.05) is 5.32 Å². The lowest BCUT2D eigenvalue weighted by atomic mass is 10.0. The number of hydrogen-bond acceptors (Lipinski definition) is 2. The highest BCUT2D eigenvalue weighted by atomic mass is 19.1. The van der Waals surface area contributed by atoms with Crippen LogP contribution in [0.15, 0.2) is 72.8 Å². The molecule has 1 amide bonds. The van der Waals surface area contributed by atoms with E-state index in [0.717, 1.165) is 29.5 Å². The van der Waals surface area contributed by atoms with Crippen molar-refractivity contribution in [3.8, 4) is 11.1 Å². The van der Waals surface area contributed by atoms with Gasteiger partial charge in [-0.15, -0.1) is 0 Å². The highest BCUT2D eigenvalue weighted by Gasteiger charge is 2.50. The van der Waals surface area contributed by atoms with Crippen LogP contribution in [0.25, 0.3) is 11.1 Å². The molecule has 1 fully saturated rings. The number of nitrogens with one attached hydrogen (secondary N) is 1. The maximum absolute atomic E-state index is 14.5. The van der Waals surface area contributed by atoms with Crippen molar-refractivity contribution >= 4 is 11.6 Å². The molecule has 0 heterocycles. The average Bonchev–Trinajstić information content (AvgIpc) is 3.42. The Bertz CT molecular complexity index is 1000. The largest absolute Gasteiger partial charge is 0.325 e. The maximum Gasteiger partial charge on any atom is 0.255 e. The zero-order valence-corrected chi connectivity index (χ0v) is 15.8. The Morgan fingerprint density at radius 1 is 1.07 bits per heavy atom. The highest BCUT2D eigenvalue weighted by molar-refractivity contribution is 6.04. The van der Waals surface area contributed by atoms with Crippen LogP contribution < -0.4 is 11.1 Å². The monoisotopic (exact) mass is 374 g/mol. The molecule has 1 aliphatic carbocycles. The van der Waals surface area contributed by atoms with Crippen molar-refractivity contribution in [2.24, 2.45) is 5.73 Å². The van der Waals surface area contributed by atoms with Crippen molar-refractivity contribution in [3.63, 3.8) is 0 Å². The van der Waals surface area contributed by atoms with Crippen molar-refractivity contribution < 1.29 is 9.18 Å². The SMILES string of the molecule is CC[C@@]1(N)C[C@H]1c1ccc(NC(=O)c2ccc(-c3ccccc3)cc2)c(F)c1. The minimum absolute atomic E-state index is 0.181. The van der Waals surface area contributed by atoms with Crippen LogP contribution in [0.3, 0.4) is 0 Å². The number of nitrogens with two attached hydrogens (primary N) is 1. The Morgan fingerprint density at radius 3 is 2.36 bits per heavy atom. The zero-order valence-electron chi connectivity index (χ0n) is 15.8. The summed E-state index contributed by atoms with van der Waals surface area (Å²) in [7, 11) is 0. The molecule has 1 aliphatic rings. The summed E-state index contributed by atoms with van der Waals surface area (Å²) in [5.74, 6) is -0.571. The number of benzene rings is 3. The topological polar surface area (TPSA) is 55.1 Å². The summed E-state index contributed by atoms with van der Waals surface area (Å²) in [4.78, 5) is 12.5. The number of hydrogen-bond donors (Lipinski definition) is 2. The van der Waals surface area contributed by atoms with E-state index in [4.69, 9.17) is 5.73 Å². The first-order valence-electron chi connectivity index (χ1n) is 9.55. The minimum atomic E-state index is -0.433. The quantitative estimate of drug-likeness (QED) is 0.633. The summed E-state index contributed by atoms with van der Waals surface area (Å²) in [6.45, 7) is 2.05. The van der Waals surface area contributed by atoms with Gasteiger partial charge in [0.15, 0.2) is 0 Å². The van der Waals surface area contributed by atoms with E-state index in [1.54, 1.807) is 18.2 Å². The number of amides is 1. The molecule has 4 heteroatoms. The van der Waals surface area contributed by atoms with Crippen molar-refractivity contribution in [2.45, 2.75) is 31.2 Å². The fraction of sp³-hybridized carbons (Fsp3) is 0.208. The number of anilines is 1. The van der Waals surface area contributed by atoms with Crippen LogP contribution >= 0.6 is 0 Å². The molecule has 0 aliphatic heterocycles. The van der Waals surface area contributed by atoms with Crippen LogP contribution in [0.1, 0.15) is 41.6 Å². The number of carbonyl (C=O) groups is 1. The Morgan fingerprint density at radius 2 is 1.75 bits per heavy atom. The summed E-state index contributed by atoms with van der Waals surface area (Å²) >= 11 is 0. The normalized spacial score (nSPS) is 20.6. The van der Waals surface area contributed by atoms with Gasteiger partial charge in [-0.05, 0) is 53.8 Å². The second-order valence-corrected chi connectivity index (χ2v) is 7.48. The van der Waals surface area contributed by atoms with E-state index in [-0.39, 0.29) is 23.1 Å². The minimum Gasteiger partial charge on any atom is -0.325 e. The van der Waals surface area contributed by atoms with Crippen LogP contribution in [0, 0.1) is 5.82 Å². The van der Waals surface area contributed by atoms with E-state index >= 15 is 0 Å². The van der Waals surface area contributed by atoms with Crippen LogP contribution in [0.2, 0.25) is 0 Å². The van der Waals surface area contributed by atoms with Crippen molar-refractivity contribution in [1.29, 1.82) is 0 Å². The van der Waals surface area contributed by atoms with E-state index in [0.29, 0.717) is 5.56 Å². The first-order valence-corrected chi connectivity index (χ1v) is 9.55. The molecule has 3 aromatic rings. The molecular formula is C24H23FN2O. The van der Waals surface area contributed by atoms with Gasteiger partial charge in [-0.25, -0.2) is 4.39 Å². The highest BCUT2D eigenvalue weighted by Crippen LogP contribution is 2.51.